The van der Waals surface area contributed by atoms with Crippen LogP contribution < -0.4 is 11.5 Å². The monoisotopic (exact) mass is 248 g/mol. The van der Waals surface area contributed by atoms with Gasteiger partial charge in [-0.15, -0.1) is 0 Å². The van der Waals surface area contributed by atoms with E-state index in [9.17, 15) is 0 Å². The summed E-state index contributed by atoms with van der Waals surface area (Å²) in [6.07, 6.45) is 0. The third kappa shape index (κ3) is 3.08. The van der Waals surface area contributed by atoms with Crippen LogP contribution in [0.15, 0.2) is 40.4 Å². The number of hydrogen-bond donors (Lipinski definition) is 3. The molecule has 0 unspecified atom stereocenters. The minimum Gasteiger partial charge on any atom is -0.392 e. The van der Waals surface area contributed by atoms with Gasteiger partial charge < -0.3 is 16.6 Å². The quantitative estimate of drug-likeness (QED) is 0.708. The van der Waals surface area contributed by atoms with Crippen LogP contribution in [0.4, 0.5) is 11.6 Å². The molecule has 0 bridgehead atoms. The standard InChI is InChI=1S/C11H12N4OS/c12-9-5-10(13)15-11(14-9)17-8-3-1-7(6-16)2-4-8/h1-5,16H,6H2,(H4,12,13,14,15). The Balaban J connectivity index is 2.19. The maximum atomic E-state index is 8.93. The minimum atomic E-state index is 0.0344. The highest BCUT2D eigenvalue weighted by Gasteiger charge is 2.03. The van der Waals surface area contributed by atoms with Crippen LogP contribution >= 0.6 is 11.8 Å². The Morgan fingerprint density at radius 3 is 2.18 bits per heavy atom. The summed E-state index contributed by atoms with van der Waals surface area (Å²) in [6, 6.07) is 8.98. The van der Waals surface area contributed by atoms with Crippen molar-refractivity contribution in [2.45, 2.75) is 16.7 Å². The van der Waals surface area contributed by atoms with Crippen molar-refractivity contribution in [2.24, 2.45) is 0 Å². The summed E-state index contributed by atoms with van der Waals surface area (Å²) in [4.78, 5) is 9.11. The molecular formula is C11H12N4OS. The number of nitrogen functional groups attached to an aromatic ring is 2. The highest BCUT2D eigenvalue weighted by molar-refractivity contribution is 7.99. The van der Waals surface area contributed by atoms with Gasteiger partial charge in [-0.25, -0.2) is 9.97 Å². The number of aromatic nitrogens is 2. The topological polar surface area (TPSA) is 98.1 Å². The predicted molar refractivity (Wildman–Crippen MR) is 67.3 cm³/mol. The number of nitrogens with two attached hydrogens (primary N) is 2. The van der Waals surface area contributed by atoms with Crippen molar-refractivity contribution in [2.75, 3.05) is 11.5 Å². The van der Waals surface area contributed by atoms with Crippen LogP contribution in [0.2, 0.25) is 0 Å². The second-order valence-electron chi connectivity index (χ2n) is 3.40. The van der Waals surface area contributed by atoms with Gasteiger partial charge in [-0.1, -0.05) is 12.1 Å². The fourth-order valence-corrected chi connectivity index (χ4v) is 2.06. The number of benzene rings is 1. The number of rotatable bonds is 3. The van der Waals surface area contributed by atoms with Gasteiger partial charge in [-0.2, -0.15) is 0 Å². The molecule has 0 amide bonds. The number of aliphatic hydroxyl groups is 1. The molecule has 0 aliphatic heterocycles. The molecule has 1 aromatic carbocycles. The van der Waals surface area contributed by atoms with Crippen LogP contribution in [0.25, 0.3) is 0 Å². The first-order chi connectivity index (χ1) is 8.17. The highest BCUT2D eigenvalue weighted by Crippen LogP contribution is 2.26. The van der Waals surface area contributed by atoms with Gasteiger partial charge in [0.05, 0.1) is 6.61 Å². The number of anilines is 2. The molecule has 6 heteroatoms. The van der Waals surface area contributed by atoms with Crippen molar-refractivity contribution in [1.29, 1.82) is 0 Å². The molecule has 0 saturated carbocycles. The number of nitrogens with zero attached hydrogens (tertiary/aromatic N) is 2. The van der Waals surface area contributed by atoms with E-state index in [1.165, 1.54) is 17.8 Å². The second-order valence-corrected chi connectivity index (χ2v) is 4.45. The average Bonchev–Trinajstić information content (AvgIpc) is 2.28. The summed E-state index contributed by atoms with van der Waals surface area (Å²) in [7, 11) is 0. The van der Waals surface area contributed by atoms with Crippen LogP contribution in [0.5, 0.6) is 0 Å². The maximum Gasteiger partial charge on any atom is 0.196 e. The first-order valence-electron chi connectivity index (χ1n) is 4.95. The second kappa shape index (κ2) is 5.03. The van der Waals surface area contributed by atoms with Crippen LogP contribution in [-0.4, -0.2) is 15.1 Å². The predicted octanol–water partition coefficient (Wildman–Crippen LogP) is 1.28. The van der Waals surface area contributed by atoms with Gasteiger partial charge in [-0.3, -0.25) is 0 Å². The first-order valence-corrected chi connectivity index (χ1v) is 5.77. The van der Waals surface area contributed by atoms with Crippen LogP contribution in [0, 0.1) is 0 Å². The molecule has 1 heterocycles. The Hall–Kier alpha value is -1.79. The van der Waals surface area contributed by atoms with Crippen molar-refractivity contribution in [3.63, 3.8) is 0 Å². The van der Waals surface area contributed by atoms with Crippen LogP contribution in [0.3, 0.4) is 0 Å². The third-order valence-corrected chi connectivity index (χ3v) is 2.93. The van der Waals surface area contributed by atoms with Gasteiger partial charge in [-0.05, 0) is 29.5 Å². The van der Waals surface area contributed by atoms with Crippen LogP contribution in [0.1, 0.15) is 5.56 Å². The lowest BCUT2D eigenvalue weighted by Gasteiger charge is -2.03. The zero-order valence-electron chi connectivity index (χ0n) is 9.00. The highest BCUT2D eigenvalue weighted by atomic mass is 32.2. The van der Waals surface area contributed by atoms with Gasteiger partial charge in [0.2, 0.25) is 0 Å². The van der Waals surface area contributed by atoms with E-state index < -0.39 is 0 Å². The smallest absolute Gasteiger partial charge is 0.196 e. The maximum absolute atomic E-state index is 8.93. The van der Waals surface area contributed by atoms with E-state index >= 15 is 0 Å². The molecule has 0 saturated heterocycles. The van der Waals surface area contributed by atoms with Gasteiger partial charge >= 0.3 is 0 Å². The molecule has 2 aromatic rings. The summed E-state index contributed by atoms with van der Waals surface area (Å²) in [6.45, 7) is 0.0344. The summed E-state index contributed by atoms with van der Waals surface area (Å²) in [5.41, 5.74) is 12.0. The molecular weight excluding hydrogens is 236 g/mol. The number of aliphatic hydroxyl groups excluding tert-OH is 1. The summed E-state index contributed by atoms with van der Waals surface area (Å²) < 4.78 is 0. The Kier molecular flexibility index (Phi) is 3.46. The molecule has 0 aliphatic rings. The molecule has 0 fully saturated rings. The SMILES string of the molecule is Nc1cc(N)nc(Sc2ccc(CO)cc2)n1. The number of hydrogen-bond acceptors (Lipinski definition) is 6. The molecule has 0 radical (unpaired) electrons. The minimum absolute atomic E-state index is 0.0344. The fourth-order valence-electron chi connectivity index (χ4n) is 1.28. The third-order valence-electron chi connectivity index (χ3n) is 2.06. The first kappa shape index (κ1) is 11.7. The molecule has 88 valence electrons. The van der Waals surface area contributed by atoms with E-state index in [1.54, 1.807) is 0 Å². The normalized spacial score (nSPS) is 10.4. The molecule has 5 nitrogen and oxygen atoms in total. The van der Waals surface area contributed by atoms with E-state index in [4.69, 9.17) is 16.6 Å². The molecule has 0 atom stereocenters. The molecule has 5 N–H and O–H groups in total. The Morgan fingerprint density at radius 2 is 1.65 bits per heavy atom. The Labute approximate surface area is 103 Å². The Morgan fingerprint density at radius 1 is 1.06 bits per heavy atom. The van der Waals surface area contributed by atoms with E-state index in [1.807, 2.05) is 24.3 Å². The van der Waals surface area contributed by atoms with Gasteiger partial charge in [0.15, 0.2) is 5.16 Å². The van der Waals surface area contributed by atoms with Gasteiger partial charge in [0, 0.05) is 11.0 Å². The van der Waals surface area contributed by atoms with E-state index in [0.29, 0.717) is 16.8 Å². The van der Waals surface area contributed by atoms with Gasteiger partial charge in [0.1, 0.15) is 11.6 Å². The fraction of sp³-hybridized carbons (Fsp3) is 0.0909. The summed E-state index contributed by atoms with van der Waals surface area (Å²) in [5.74, 6) is 0.707. The zero-order chi connectivity index (χ0) is 12.3. The summed E-state index contributed by atoms with van der Waals surface area (Å²) >= 11 is 1.37. The van der Waals surface area contributed by atoms with Gasteiger partial charge in [0.25, 0.3) is 0 Å². The zero-order valence-corrected chi connectivity index (χ0v) is 9.81. The van der Waals surface area contributed by atoms with Crippen molar-refractivity contribution in [3.8, 4) is 0 Å². The van der Waals surface area contributed by atoms with Crippen molar-refractivity contribution in [3.05, 3.63) is 35.9 Å². The lowest BCUT2D eigenvalue weighted by molar-refractivity contribution is 0.282. The van der Waals surface area contributed by atoms with Crippen LogP contribution in [-0.2, 0) is 6.61 Å². The average molecular weight is 248 g/mol. The van der Waals surface area contributed by atoms with Crippen molar-refractivity contribution >= 4 is 23.4 Å². The molecule has 17 heavy (non-hydrogen) atoms. The van der Waals surface area contributed by atoms with Crippen molar-refractivity contribution < 1.29 is 5.11 Å². The van der Waals surface area contributed by atoms with E-state index in [0.717, 1.165) is 10.5 Å². The molecule has 2 rings (SSSR count). The molecule has 0 aliphatic carbocycles. The summed E-state index contributed by atoms with van der Waals surface area (Å²) in [5, 5.41) is 9.44. The Bertz CT molecular complexity index is 495. The lowest BCUT2D eigenvalue weighted by Crippen LogP contribution is -1.98. The van der Waals surface area contributed by atoms with E-state index in [2.05, 4.69) is 9.97 Å². The van der Waals surface area contributed by atoms with Crippen molar-refractivity contribution in [1.82, 2.24) is 9.97 Å². The largest absolute Gasteiger partial charge is 0.392 e. The van der Waals surface area contributed by atoms with E-state index in [-0.39, 0.29) is 6.61 Å². The molecule has 0 spiro atoms. The molecule has 1 aromatic heterocycles. The lowest BCUT2D eigenvalue weighted by atomic mass is 10.2.